The number of rotatable bonds is 4. The van der Waals surface area contributed by atoms with Crippen LogP contribution < -0.4 is 0 Å². The minimum absolute atomic E-state index is 0.00974. The van der Waals surface area contributed by atoms with Gasteiger partial charge < -0.3 is 14.7 Å². The fraction of sp³-hybridized carbons (Fsp3) is 0.467. The van der Waals surface area contributed by atoms with Gasteiger partial charge in [0.05, 0.1) is 17.7 Å². The summed E-state index contributed by atoms with van der Waals surface area (Å²) >= 11 is 0. The first-order chi connectivity index (χ1) is 11.1. The van der Waals surface area contributed by atoms with Crippen LogP contribution in [0.1, 0.15) is 28.8 Å². The number of methoxy groups -OCH3 is 1. The zero-order valence-corrected chi connectivity index (χ0v) is 12.7. The molecule has 1 aliphatic heterocycles. The molecule has 1 aromatic carbocycles. The largest absolute Gasteiger partial charge is 0.479 e. The number of carbonyl (C=O) groups excluding carboxylic acids is 1. The van der Waals surface area contributed by atoms with E-state index in [1.807, 2.05) is 0 Å². The predicted molar refractivity (Wildman–Crippen MR) is 73.9 cm³/mol. The van der Waals surface area contributed by atoms with Crippen LogP contribution in [0.3, 0.4) is 0 Å². The van der Waals surface area contributed by atoms with Gasteiger partial charge >= 0.3 is 12.1 Å². The van der Waals surface area contributed by atoms with Crippen molar-refractivity contribution >= 4 is 11.9 Å². The first kappa shape index (κ1) is 18.2. The highest BCUT2D eigenvalue weighted by Crippen LogP contribution is 2.34. The van der Waals surface area contributed by atoms with Crippen molar-refractivity contribution in [3.05, 3.63) is 35.1 Å². The Morgan fingerprint density at radius 1 is 1.38 bits per heavy atom. The third-order valence-corrected chi connectivity index (χ3v) is 4.04. The number of hydrogen-bond donors (Lipinski definition) is 1. The molecule has 1 amide bonds. The van der Waals surface area contributed by atoms with Gasteiger partial charge in [-0.25, -0.2) is 9.18 Å². The van der Waals surface area contributed by atoms with Crippen molar-refractivity contribution in [2.24, 2.45) is 0 Å². The molecule has 5 nitrogen and oxygen atoms in total. The van der Waals surface area contributed by atoms with E-state index in [1.54, 1.807) is 0 Å². The molecular formula is C15H15F4NO4. The van der Waals surface area contributed by atoms with Crippen LogP contribution in [0.4, 0.5) is 17.6 Å². The lowest BCUT2D eigenvalue weighted by molar-refractivity contribution is -0.151. The van der Waals surface area contributed by atoms with Gasteiger partial charge in [0.1, 0.15) is 5.82 Å². The Bertz CT molecular complexity index is 661. The van der Waals surface area contributed by atoms with Crippen molar-refractivity contribution in [2.75, 3.05) is 20.3 Å². The molecule has 24 heavy (non-hydrogen) atoms. The highest BCUT2D eigenvalue weighted by molar-refractivity contribution is 5.98. The first-order valence-electron chi connectivity index (χ1n) is 7.04. The number of nitrogens with zero attached hydrogens (tertiary/aromatic N) is 1. The summed E-state index contributed by atoms with van der Waals surface area (Å²) in [7, 11) is 1.25. The quantitative estimate of drug-likeness (QED) is 0.849. The number of benzene rings is 1. The van der Waals surface area contributed by atoms with Crippen LogP contribution in [-0.4, -0.2) is 47.7 Å². The fourth-order valence-corrected chi connectivity index (χ4v) is 2.86. The molecule has 0 aliphatic carbocycles. The molecule has 0 saturated carbocycles. The average Bonchev–Trinajstić information content (AvgIpc) is 2.91. The van der Waals surface area contributed by atoms with Crippen LogP contribution in [0, 0.1) is 5.82 Å². The molecule has 1 heterocycles. The maximum Gasteiger partial charge on any atom is 0.416 e. The van der Waals surface area contributed by atoms with E-state index < -0.39 is 40.5 Å². The minimum atomic E-state index is -4.75. The second-order valence-electron chi connectivity index (χ2n) is 5.52. The Morgan fingerprint density at radius 2 is 2.04 bits per heavy atom. The molecule has 9 heteroatoms. The maximum atomic E-state index is 13.9. The molecule has 1 atom stereocenters. The average molecular weight is 349 g/mol. The van der Waals surface area contributed by atoms with Crippen molar-refractivity contribution in [2.45, 2.75) is 24.6 Å². The summed E-state index contributed by atoms with van der Waals surface area (Å²) in [4.78, 5) is 25.0. The van der Waals surface area contributed by atoms with Crippen LogP contribution in [-0.2, 0) is 15.7 Å². The summed E-state index contributed by atoms with van der Waals surface area (Å²) < 4.78 is 57.1. The van der Waals surface area contributed by atoms with Crippen molar-refractivity contribution < 1.29 is 37.0 Å². The molecule has 0 aromatic heterocycles. The number of carboxylic acids is 1. The molecule has 1 saturated heterocycles. The van der Waals surface area contributed by atoms with Gasteiger partial charge in [0.15, 0.2) is 5.54 Å². The van der Waals surface area contributed by atoms with E-state index in [-0.39, 0.29) is 19.6 Å². The summed E-state index contributed by atoms with van der Waals surface area (Å²) in [6.07, 6.45) is -4.35. The fourth-order valence-electron chi connectivity index (χ4n) is 2.86. The number of carboxylic acid groups (broad SMARTS) is 1. The number of carbonyl (C=O) groups is 2. The van der Waals surface area contributed by atoms with Gasteiger partial charge in [0.25, 0.3) is 5.91 Å². The lowest BCUT2D eigenvalue weighted by atomic mass is 9.96. The lowest BCUT2D eigenvalue weighted by Gasteiger charge is -2.34. The molecule has 1 fully saturated rings. The number of ether oxygens (including phenoxy) is 1. The third-order valence-electron chi connectivity index (χ3n) is 4.04. The van der Waals surface area contributed by atoms with E-state index in [0.29, 0.717) is 24.6 Å². The summed E-state index contributed by atoms with van der Waals surface area (Å²) in [5.41, 5.74) is -3.71. The van der Waals surface area contributed by atoms with Crippen molar-refractivity contribution in [3.63, 3.8) is 0 Å². The summed E-state index contributed by atoms with van der Waals surface area (Å²) in [6.45, 7) is -0.348. The van der Waals surface area contributed by atoms with E-state index in [9.17, 15) is 32.3 Å². The van der Waals surface area contributed by atoms with Crippen LogP contribution >= 0.6 is 0 Å². The summed E-state index contributed by atoms with van der Waals surface area (Å²) in [5, 5.41) is 9.47. The van der Waals surface area contributed by atoms with Gasteiger partial charge in [-0.2, -0.15) is 13.2 Å². The predicted octanol–water partition coefficient (Wildman–Crippen LogP) is 2.55. The van der Waals surface area contributed by atoms with Gasteiger partial charge in [0, 0.05) is 13.7 Å². The zero-order chi connectivity index (χ0) is 18.1. The van der Waals surface area contributed by atoms with Gasteiger partial charge in [-0.05, 0) is 31.0 Å². The maximum absolute atomic E-state index is 13.9. The molecule has 1 aliphatic rings. The molecule has 0 radical (unpaired) electrons. The first-order valence-corrected chi connectivity index (χ1v) is 7.04. The normalized spacial score (nSPS) is 21.1. The smallest absolute Gasteiger partial charge is 0.416 e. The Morgan fingerprint density at radius 3 is 2.58 bits per heavy atom. The molecular weight excluding hydrogens is 334 g/mol. The number of aliphatic carboxylic acids is 1. The van der Waals surface area contributed by atoms with Crippen LogP contribution in [0.15, 0.2) is 18.2 Å². The molecule has 1 N–H and O–H groups in total. The highest BCUT2D eigenvalue weighted by atomic mass is 19.4. The number of alkyl halides is 3. The summed E-state index contributed by atoms with van der Waals surface area (Å²) in [6, 6.07) is 1.47. The van der Waals surface area contributed by atoms with E-state index in [4.69, 9.17) is 4.74 Å². The van der Waals surface area contributed by atoms with Crippen LogP contribution in [0.5, 0.6) is 0 Å². The number of amides is 1. The zero-order valence-electron chi connectivity index (χ0n) is 12.7. The number of likely N-dealkylation sites (tertiary alicyclic amines) is 1. The van der Waals surface area contributed by atoms with Gasteiger partial charge in [0.2, 0.25) is 0 Å². The molecule has 132 valence electrons. The Balaban J connectivity index is 2.46. The van der Waals surface area contributed by atoms with E-state index in [0.717, 1.165) is 4.90 Å². The van der Waals surface area contributed by atoms with E-state index in [1.165, 1.54) is 7.11 Å². The van der Waals surface area contributed by atoms with Crippen molar-refractivity contribution in [1.29, 1.82) is 0 Å². The molecule has 1 aromatic rings. The van der Waals surface area contributed by atoms with Crippen LogP contribution in [0.25, 0.3) is 0 Å². The Hall–Kier alpha value is -2.16. The highest BCUT2D eigenvalue weighted by Gasteiger charge is 2.50. The standard InChI is InChI=1S/C15H15F4NO4/c1-24-8-14(13(22)23)5-2-6-20(14)12(21)10-7-9(15(17,18)19)3-4-11(10)16/h3-4,7H,2,5-6,8H2,1H3,(H,22,23). The molecule has 0 bridgehead atoms. The monoisotopic (exact) mass is 349 g/mol. The van der Waals surface area contributed by atoms with Gasteiger partial charge in [-0.1, -0.05) is 0 Å². The lowest BCUT2D eigenvalue weighted by Crippen LogP contribution is -2.56. The number of hydrogen-bond acceptors (Lipinski definition) is 3. The Kier molecular flexibility index (Phi) is 4.84. The Labute approximate surface area is 134 Å². The minimum Gasteiger partial charge on any atom is -0.479 e. The molecule has 0 spiro atoms. The SMILES string of the molecule is COCC1(C(=O)O)CCCN1C(=O)c1cc(C(F)(F)F)ccc1F. The van der Waals surface area contributed by atoms with Crippen LogP contribution in [0.2, 0.25) is 0 Å². The van der Waals surface area contributed by atoms with Gasteiger partial charge in [-0.15, -0.1) is 0 Å². The molecule has 1 unspecified atom stereocenters. The summed E-state index contributed by atoms with van der Waals surface area (Å²) in [5.74, 6) is -3.59. The third kappa shape index (κ3) is 3.08. The second-order valence-corrected chi connectivity index (χ2v) is 5.52. The molecule has 2 rings (SSSR count). The topological polar surface area (TPSA) is 66.8 Å². The van der Waals surface area contributed by atoms with Gasteiger partial charge in [-0.3, -0.25) is 4.79 Å². The van der Waals surface area contributed by atoms with Crippen molar-refractivity contribution in [1.82, 2.24) is 4.90 Å². The second kappa shape index (κ2) is 6.39. The number of halogens is 4. The van der Waals surface area contributed by atoms with E-state index >= 15 is 0 Å². The van der Waals surface area contributed by atoms with E-state index in [2.05, 4.69) is 0 Å². The van der Waals surface area contributed by atoms with Crippen molar-refractivity contribution in [3.8, 4) is 0 Å².